The fourth-order valence-electron chi connectivity index (χ4n) is 2.41. The number of nitrogen functional groups attached to an aromatic ring is 1. The minimum atomic E-state index is -3.70. The average Bonchev–Trinajstić information content (AvgIpc) is 2.37. The van der Waals surface area contributed by atoms with Gasteiger partial charge in [0.05, 0.1) is 18.4 Å². The van der Waals surface area contributed by atoms with E-state index in [2.05, 4.69) is 0 Å². The average molecular weight is 300 g/mol. The number of sulfonamides is 1. The number of β-amino-alcohol motifs (C(OH)–C–C–N with tert-alkyl or cyclic N) is 1. The predicted octanol–water partition coefficient (Wildman–Crippen LogP) is 0.813. The Kier molecular flexibility index (Phi) is 3.95. The maximum Gasteiger partial charge on any atom is 0.245 e. The first-order valence-corrected chi connectivity index (χ1v) is 7.86. The van der Waals surface area contributed by atoms with Crippen LogP contribution in [0.25, 0.3) is 0 Å². The Labute approximate surface area is 119 Å². The van der Waals surface area contributed by atoms with Crippen molar-refractivity contribution in [3.63, 3.8) is 0 Å². The molecule has 1 aromatic carbocycles. The lowest BCUT2D eigenvalue weighted by Crippen LogP contribution is -2.48. The van der Waals surface area contributed by atoms with Crippen LogP contribution in [0.5, 0.6) is 5.75 Å². The fourth-order valence-corrected chi connectivity index (χ4v) is 4.10. The van der Waals surface area contributed by atoms with Crippen molar-refractivity contribution < 1.29 is 18.3 Å². The number of anilines is 1. The maximum absolute atomic E-state index is 12.6. The first-order chi connectivity index (χ1) is 9.26. The number of rotatable bonds is 3. The summed E-state index contributed by atoms with van der Waals surface area (Å²) in [7, 11) is -2.21. The van der Waals surface area contributed by atoms with Crippen molar-refractivity contribution >= 4 is 15.7 Å². The summed E-state index contributed by atoms with van der Waals surface area (Å²) >= 11 is 0. The molecule has 1 aliphatic heterocycles. The van der Waals surface area contributed by atoms with E-state index in [4.69, 9.17) is 10.5 Å². The van der Waals surface area contributed by atoms with Gasteiger partial charge in [-0.3, -0.25) is 0 Å². The van der Waals surface area contributed by atoms with Gasteiger partial charge in [-0.15, -0.1) is 0 Å². The third kappa shape index (κ3) is 2.89. The van der Waals surface area contributed by atoms with Crippen molar-refractivity contribution in [2.45, 2.75) is 30.3 Å². The predicted molar refractivity (Wildman–Crippen MR) is 76.0 cm³/mol. The van der Waals surface area contributed by atoms with Gasteiger partial charge in [0.25, 0.3) is 0 Å². The Balaban J connectivity index is 2.35. The van der Waals surface area contributed by atoms with Crippen molar-refractivity contribution in [1.29, 1.82) is 0 Å². The van der Waals surface area contributed by atoms with E-state index in [0.29, 0.717) is 25.1 Å². The van der Waals surface area contributed by atoms with Crippen molar-refractivity contribution in [2.75, 3.05) is 25.9 Å². The van der Waals surface area contributed by atoms with E-state index >= 15 is 0 Å². The van der Waals surface area contributed by atoms with Gasteiger partial charge < -0.3 is 15.6 Å². The van der Waals surface area contributed by atoms with Crippen molar-refractivity contribution in [1.82, 2.24) is 4.31 Å². The largest absolute Gasteiger partial charge is 0.497 e. The highest BCUT2D eigenvalue weighted by molar-refractivity contribution is 7.89. The van der Waals surface area contributed by atoms with Crippen LogP contribution in [0.2, 0.25) is 0 Å². The number of hydrogen-bond donors (Lipinski definition) is 2. The molecule has 20 heavy (non-hydrogen) atoms. The number of benzene rings is 1. The fraction of sp³-hybridized carbons (Fsp3) is 0.538. The smallest absolute Gasteiger partial charge is 0.245 e. The van der Waals surface area contributed by atoms with E-state index in [9.17, 15) is 13.5 Å². The Morgan fingerprint density at radius 2 is 2.15 bits per heavy atom. The number of ether oxygens (including phenoxy) is 1. The quantitative estimate of drug-likeness (QED) is 0.806. The van der Waals surface area contributed by atoms with Crippen molar-refractivity contribution in [3.8, 4) is 5.75 Å². The molecular formula is C13H20N2O4S. The molecule has 0 bridgehead atoms. The third-order valence-corrected chi connectivity index (χ3v) is 5.39. The molecule has 0 saturated carbocycles. The van der Waals surface area contributed by atoms with Gasteiger partial charge in [0.15, 0.2) is 0 Å². The van der Waals surface area contributed by atoms with Crippen LogP contribution in [-0.4, -0.2) is 43.6 Å². The van der Waals surface area contributed by atoms with Gasteiger partial charge in [-0.1, -0.05) is 0 Å². The van der Waals surface area contributed by atoms with Crippen LogP contribution in [0, 0.1) is 0 Å². The Hall–Kier alpha value is -1.31. The summed E-state index contributed by atoms with van der Waals surface area (Å²) in [5.41, 5.74) is 4.96. The van der Waals surface area contributed by atoms with Crippen LogP contribution in [0.3, 0.4) is 0 Å². The molecule has 1 saturated heterocycles. The highest BCUT2D eigenvalue weighted by Gasteiger charge is 2.36. The molecule has 0 amide bonds. The van der Waals surface area contributed by atoms with Gasteiger partial charge >= 0.3 is 0 Å². The molecule has 1 heterocycles. The van der Waals surface area contributed by atoms with Crippen LogP contribution in [-0.2, 0) is 10.0 Å². The number of nitrogens with zero attached hydrogens (tertiary/aromatic N) is 1. The maximum atomic E-state index is 12.6. The van der Waals surface area contributed by atoms with Crippen LogP contribution < -0.4 is 10.5 Å². The highest BCUT2D eigenvalue weighted by Crippen LogP contribution is 2.30. The zero-order valence-corrected chi connectivity index (χ0v) is 12.5. The number of nitrogens with two attached hydrogens (primary N) is 1. The Morgan fingerprint density at radius 3 is 2.70 bits per heavy atom. The zero-order chi connectivity index (χ0) is 15.0. The third-order valence-electron chi connectivity index (χ3n) is 3.47. The first-order valence-electron chi connectivity index (χ1n) is 6.42. The molecule has 6 nitrogen and oxygen atoms in total. The summed E-state index contributed by atoms with van der Waals surface area (Å²) < 4.78 is 31.5. The van der Waals surface area contributed by atoms with Crippen LogP contribution in [0.4, 0.5) is 5.69 Å². The molecule has 1 fully saturated rings. The lowest BCUT2D eigenvalue weighted by molar-refractivity contribution is 0.00941. The summed E-state index contributed by atoms with van der Waals surface area (Å²) in [5.74, 6) is 0.507. The van der Waals surface area contributed by atoms with Crippen molar-refractivity contribution in [2.24, 2.45) is 0 Å². The molecule has 2 rings (SSSR count). The number of piperidine rings is 1. The second-order valence-electron chi connectivity index (χ2n) is 5.34. The van der Waals surface area contributed by atoms with Gasteiger partial charge in [-0.05, 0) is 31.9 Å². The summed E-state index contributed by atoms with van der Waals surface area (Å²) in [6.45, 7) is 2.12. The van der Waals surface area contributed by atoms with Crippen LogP contribution >= 0.6 is 0 Å². The Bertz CT molecular complexity index is 598. The van der Waals surface area contributed by atoms with Gasteiger partial charge in [0.2, 0.25) is 10.0 Å². The van der Waals surface area contributed by atoms with Gasteiger partial charge in [-0.2, -0.15) is 4.31 Å². The standard InChI is InChI=1S/C13H20N2O4S/c1-13(16)6-3-7-15(9-13)20(17,18)12-5-4-10(19-2)8-11(12)14/h4-5,8,16H,3,6-7,9,14H2,1-2H3. The highest BCUT2D eigenvalue weighted by atomic mass is 32.2. The summed E-state index contributed by atoms with van der Waals surface area (Å²) in [4.78, 5) is 0.0519. The SMILES string of the molecule is COc1ccc(S(=O)(=O)N2CCCC(C)(O)C2)c(N)c1. The second-order valence-corrected chi connectivity index (χ2v) is 7.25. The first kappa shape index (κ1) is 15.1. The molecular weight excluding hydrogens is 280 g/mol. The molecule has 7 heteroatoms. The molecule has 0 aromatic heterocycles. The van der Waals surface area contributed by atoms with Gasteiger partial charge in [0.1, 0.15) is 10.6 Å². The van der Waals surface area contributed by atoms with E-state index in [1.54, 1.807) is 13.0 Å². The van der Waals surface area contributed by atoms with Crippen molar-refractivity contribution in [3.05, 3.63) is 18.2 Å². The monoisotopic (exact) mass is 300 g/mol. The molecule has 0 spiro atoms. The number of methoxy groups -OCH3 is 1. The number of aliphatic hydroxyl groups is 1. The molecule has 1 aliphatic rings. The lowest BCUT2D eigenvalue weighted by Gasteiger charge is -2.36. The van der Waals surface area contributed by atoms with E-state index < -0.39 is 15.6 Å². The van der Waals surface area contributed by atoms with Crippen LogP contribution in [0.15, 0.2) is 23.1 Å². The Morgan fingerprint density at radius 1 is 1.45 bits per heavy atom. The minimum absolute atomic E-state index is 0.0519. The van der Waals surface area contributed by atoms with E-state index in [1.807, 2.05) is 0 Å². The number of hydrogen-bond acceptors (Lipinski definition) is 5. The normalized spacial score (nSPS) is 24.6. The second kappa shape index (κ2) is 5.23. The molecule has 0 radical (unpaired) electrons. The summed E-state index contributed by atoms with van der Waals surface area (Å²) in [6.07, 6.45) is 1.22. The molecule has 112 valence electrons. The molecule has 0 aliphatic carbocycles. The molecule has 1 aromatic rings. The van der Waals surface area contributed by atoms with Gasteiger partial charge in [0, 0.05) is 19.2 Å². The summed E-state index contributed by atoms with van der Waals surface area (Å²) in [5, 5.41) is 10.0. The summed E-state index contributed by atoms with van der Waals surface area (Å²) in [6, 6.07) is 4.48. The topological polar surface area (TPSA) is 92.9 Å². The van der Waals surface area contributed by atoms with Crippen LogP contribution in [0.1, 0.15) is 19.8 Å². The van der Waals surface area contributed by atoms with E-state index in [-0.39, 0.29) is 17.1 Å². The molecule has 1 unspecified atom stereocenters. The minimum Gasteiger partial charge on any atom is -0.497 e. The molecule has 3 N–H and O–H groups in total. The van der Waals surface area contributed by atoms with E-state index in [0.717, 1.165) is 0 Å². The van der Waals surface area contributed by atoms with Gasteiger partial charge in [-0.25, -0.2) is 8.42 Å². The lowest BCUT2D eigenvalue weighted by atomic mass is 9.97. The van der Waals surface area contributed by atoms with E-state index in [1.165, 1.54) is 23.5 Å². The zero-order valence-electron chi connectivity index (χ0n) is 11.7. The molecule has 1 atom stereocenters.